The minimum atomic E-state index is 0.142. The molecule has 0 aliphatic heterocycles. The number of hydrogen-bond acceptors (Lipinski definition) is 2. The maximum absolute atomic E-state index is 11.5. The third-order valence-corrected chi connectivity index (χ3v) is 2.86. The van der Waals surface area contributed by atoms with Crippen LogP contribution in [-0.2, 0) is 9.59 Å². The lowest BCUT2D eigenvalue weighted by Gasteiger charge is -2.22. The lowest BCUT2D eigenvalue weighted by molar-refractivity contribution is -0.124. The first-order valence-electron chi connectivity index (χ1n) is 5.89. The van der Waals surface area contributed by atoms with Crippen molar-refractivity contribution in [3.63, 3.8) is 0 Å². The molecule has 1 N–H and O–H groups in total. The van der Waals surface area contributed by atoms with Gasteiger partial charge in [-0.15, -0.1) is 0 Å². The van der Waals surface area contributed by atoms with Gasteiger partial charge in [-0.05, 0) is 25.2 Å². The van der Waals surface area contributed by atoms with Crippen molar-refractivity contribution in [2.75, 3.05) is 0 Å². The molecule has 1 fully saturated rings. The maximum Gasteiger partial charge on any atom is 0.220 e. The second kappa shape index (κ2) is 5.89. The Hall–Kier alpha value is -0.860. The summed E-state index contributed by atoms with van der Waals surface area (Å²) in [6, 6.07) is 0.238. The number of ketones is 1. The van der Waals surface area contributed by atoms with Gasteiger partial charge in [-0.2, -0.15) is 0 Å². The number of rotatable bonds is 4. The number of carbonyl (C=O) groups excluding carboxylic acids is 2. The standard InChI is InChI=1S/C12H21NO2/c1-9(2)3-8-12(15)13-10-4-6-11(14)7-5-10/h9-10H,3-8H2,1-2H3,(H,13,15). The highest BCUT2D eigenvalue weighted by Gasteiger charge is 2.19. The molecule has 0 aromatic carbocycles. The Balaban J connectivity index is 2.17. The largest absolute Gasteiger partial charge is 0.353 e. The highest BCUT2D eigenvalue weighted by atomic mass is 16.1. The first-order chi connectivity index (χ1) is 7.08. The van der Waals surface area contributed by atoms with Crippen LogP contribution in [-0.4, -0.2) is 17.7 Å². The Labute approximate surface area is 91.6 Å². The van der Waals surface area contributed by atoms with Gasteiger partial charge < -0.3 is 5.32 Å². The van der Waals surface area contributed by atoms with Gasteiger partial charge in [0.05, 0.1) is 0 Å². The summed E-state index contributed by atoms with van der Waals surface area (Å²) in [5.41, 5.74) is 0. The Morgan fingerprint density at radius 1 is 1.40 bits per heavy atom. The van der Waals surface area contributed by atoms with Gasteiger partial charge in [-0.25, -0.2) is 0 Å². The summed E-state index contributed by atoms with van der Waals surface area (Å²) < 4.78 is 0. The number of nitrogens with one attached hydrogen (secondary N) is 1. The predicted molar refractivity (Wildman–Crippen MR) is 59.5 cm³/mol. The van der Waals surface area contributed by atoms with E-state index in [2.05, 4.69) is 19.2 Å². The summed E-state index contributed by atoms with van der Waals surface area (Å²) in [5.74, 6) is 1.05. The molecule has 0 aromatic heterocycles. The molecule has 1 aliphatic rings. The van der Waals surface area contributed by atoms with Gasteiger partial charge in [-0.1, -0.05) is 13.8 Å². The van der Waals surface area contributed by atoms with E-state index in [1.165, 1.54) is 0 Å². The molecule has 1 aliphatic carbocycles. The highest BCUT2D eigenvalue weighted by Crippen LogP contribution is 2.15. The zero-order chi connectivity index (χ0) is 11.3. The van der Waals surface area contributed by atoms with E-state index >= 15 is 0 Å². The van der Waals surface area contributed by atoms with Gasteiger partial charge in [0.25, 0.3) is 0 Å². The molecule has 3 heteroatoms. The molecular weight excluding hydrogens is 190 g/mol. The molecule has 1 amide bonds. The smallest absolute Gasteiger partial charge is 0.220 e. The SMILES string of the molecule is CC(C)CCC(=O)NC1CCC(=O)CC1. The second-order valence-electron chi connectivity index (χ2n) is 4.81. The van der Waals surface area contributed by atoms with Crippen LogP contribution in [0.1, 0.15) is 52.4 Å². The monoisotopic (exact) mass is 211 g/mol. The van der Waals surface area contributed by atoms with Crippen LogP contribution in [0.5, 0.6) is 0 Å². The fourth-order valence-electron chi connectivity index (χ4n) is 1.80. The molecule has 0 unspecified atom stereocenters. The maximum atomic E-state index is 11.5. The van der Waals surface area contributed by atoms with Crippen LogP contribution in [0.2, 0.25) is 0 Å². The molecule has 0 atom stereocenters. The van der Waals surface area contributed by atoms with E-state index in [9.17, 15) is 9.59 Å². The molecule has 1 rings (SSSR count). The van der Waals surface area contributed by atoms with E-state index in [4.69, 9.17) is 0 Å². The van der Waals surface area contributed by atoms with Crippen molar-refractivity contribution in [3.05, 3.63) is 0 Å². The van der Waals surface area contributed by atoms with Crippen LogP contribution >= 0.6 is 0 Å². The number of carbonyl (C=O) groups is 2. The Kier molecular flexibility index (Phi) is 4.79. The Morgan fingerprint density at radius 3 is 2.53 bits per heavy atom. The highest BCUT2D eigenvalue weighted by molar-refractivity contribution is 5.80. The Bertz CT molecular complexity index is 226. The molecule has 0 heterocycles. The molecule has 0 spiro atoms. The molecule has 0 bridgehead atoms. The van der Waals surface area contributed by atoms with Crippen molar-refractivity contribution in [1.29, 1.82) is 0 Å². The molecule has 86 valence electrons. The minimum Gasteiger partial charge on any atom is -0.353 e. The number of Topliss-reactive ketones (excluding diaryl/α,β-unsaturated/α-hetero) is 1. The third kappa shape index (κ3) is 4.96. The molecule has 0 saturated heterocycles. The van der Waals surface area contributed by atoms with Crippen LogP contribution in [0, 0.1) is 5.92 Å². The average Bonchev–Trinajstić information content (AvgIpc) is 2.19. The first-order valence-corrected chi connectivity index (χ1v) is 5.89. The van der Waals surface area contributed by atoms with Crippen LogP contribution < -0.4 is 5.32 Å². The van der Waals surface area contributed by atoms with Gasteiger partial charge >= 0.3 is 0 Å². The van der Waals surface area contributed by atoms with Crippen molar-refractivity contribution in [2.45, 2.75) is 58.4 Å². The molecule has 0 radical (unpaired) electrons. The van der Waals surface area contributed by atoms with Crippen LogP contribution in [0.3, 0.4) is 0 Å². The lowest BCUT2D eigenvalue weighted by Crippen LogP contribution is -2.37. The fraction of sp³-hybridized carbons (Fsp3) is 0.833. The number of hydrogen-bond donors (Lipinski definition) is 1. The zero-order valence-electron chi connectivity index (χ0n) is 9.71. The number of amides is 1. The fourth-order valence-corrected chi connectivity index (χ4v) is 1.80. The van der Waals surface area contributed by atoms with Gasteiger partial charge in [0.2, 0.25) is 5.91 Å². The second-order valence-corrected chi connectivity index (χ2v) is 4.81. The topological polar surface area (TPSA) is 46.2 Å². The third-order valence-electron chi connectivity index (χ3n) is 2.86. The van der Waals surface area contributed by atoms with E-state index in [1.807, 2.05) is 0 Å². The van der Waals surface area contributed by atoms with Gasteiger partial charge in [0.1, 0.15) is 5.78 Å². The van der Waals surface area contributed by atoms with E-state index in [1.54, 1.807) is 0 Å². The summed E-state index contributed by atoms with van der Waals surface area (Å²) in [7, 11) is 0. The molecule has 15 heavy (non-hydrogen) atoms. The Morgan fingerprint density at radius 2 is 2.00 bits per heavy atom. The molecule has 0 aromatic rings. The van der Waals surface area contributed by atoms with E-state index in [0.29, 0.717) is 31.0 Å². The zero-order valence-corrected chi connectivity index (χ0v) is 9.71. The van der Waals surface area contributed by atoms with Crippen molar-refractivity contribution >= 4 is 11.7 Å². The molecular formula is C12H21NO2. The minimum absolute atomic E-state index is 0.142. The van der Waals surface area contributed by atoms with E-state index in [-0.39, 0.29) is 11.9 Å². The first kappa shape index (κ1) is 12.2. The summed E-state index contributed by atoms with van der Waals surface area (Å²) in [6.45, 7) is 4.24. The van der Waals surface area contributed by atoms with Crippen LogP contribution in [0.4, 0.5) is 0 Å². The molecule has 3 nitrogen and oxygen atoms in total. The van der Waals surface area contributed by atoms with Crippen molar-refractivity contribution in [3.8, 4) is 0 Å². The lowest BCUT2D eigenvalue weighted by atomic mass is 9.94. The van der Waals surface area contributed by atoms with Crippen LogP contribution in [0.25, 0.3) is 0 Å². The summed E-state index contributed by atoms with van der Waals surface area (Å²) in [5, 5.41) is 3.00. The normalized spacial score (nSPS) is 18.2. The van der Waals surface area contributed by atoms with Crippen LogP contribution in [0.15, 0.2) is 0 Å². The van der Waals surface area contributed by atoms with Gasteiger partial charge in [0, 0.05) is 25.3 Å². The average molecular weight is 211 g/mol. The quantitative estimate of drug-likeness (QED) is 0.773. The predicted octanol–water partition coefficient (Wildman–Crippen LogP) is 2.05. The van der Waals surface area contributed by atoms with E-state index < -0.39 is 0 Å². The van der Waals surface area contributed by atoms with Gasteiger partial charge in [-0.3, -0.25) is 9.59 Å². The van der Waals surface area contributed by atoms with E-state index in [0.717, 1.165) is 19.3 Å². The summed E-state index contributed by atoms with van der Waals surface area (Å²) in [4.78, 5) is 22.5. The summed E-state index contributed by atoms with van der Waals surface area (Å²) in [6.07, 6.45) is 4.47. The van der Waals surface area contributed by atoms with Crippen molar-refractivity contribution in [1.82, 2.24) is 5.32 Å². The summed E-state index contributed by atoms with van der Waals surface area (Å²) >= 11 is 0. The van der Waals surface area contributed by atoms with Crippen molar-refractivity contribution in [2.24, 2.45) is 5.92 Å². The van der Waals surface area contributed by atoms with Crippen molar-refractivity contribution < 1.29 is 9.59 Å². The van der Waals surface area contributed by atoms with Gasteiger partial charge in [0.15, 0.2) is 0 Å². The molecule has 1 saturated carbocycles.